The van der Waals surface area contributed by atoms with Crippen molar-refractivity contribution in [2.24, 2.45) is 11.1 Å². The number of nitrogens with two attached hydrogens (primary N) is 1. The molecule has 0 bridgehead atoms. The molecule has 1 aliphatic carbocycles. The number of hydrogen-bond acceptors (Lipinski definition) is 2. The van der Waals surface area contributed by atoms with E-state index in [0.717, 1.165) is 25.7 Å². The Hall–Kier alpha value is -0.0800. The highest BCUT2D eigenvalue weighted by atomic mass is 16.3. The van der Waals surface area contributed by atoms with Gasteiger partial charge in [0.15, 0.2) is 0 Å². The van der Waals surface area contributed by atoms with Crippen LogP contribution >= 0.6 is 0 Å². The van der Waals surface area contributed by atoms with Crippen LogP contribution in [0.25, 0.3) is 0 Å². The SMILES string of the molecule is CC.CC1(C)CCC(N)C(O)CC1. The zero-order valence-corrected chi connectivity index (χ0v) is 9.51. The van der Waals surface area contributed by atoms with E-state index < -0.39 is 0 Å². The van der Waals surface area contributed by atoms with Gasteiger partial charge < -0.3 is 10.8 Å². The number of rotatable bonds is 0. The second-order valence-corrected chi connectivity index (χ2v) is 4.47. The zero-order chi connectivity index (χ0) is 10.5. The third-order valence-corrected chi connectivity index (χ3v) is 2.77. The Labute approximate surface area is 82.5 Å². The molecule has 2 heteroatoms. The molecule has 0 heterocycles. The lowest BCUT2D eigenvalue weighted by Crippen LogP contribution is -2.33. The molecule has 0 amide bonds. The molecule has 1 fully saturated rings. The fourth-order valence-electron chi connectivity index (χ4n) is 1.63. The molecule has 0 aromatic rings. The van der Waals surface area contributed by atoms with E-state index in [9.17, 15) is 5.11 Å². The third kappa shape index (κ3) is 4.63. The molecule has 0 spiro atoms. The summed E-state index contributed by atoms with van der Waals surface area (Å²) in [6.45, 7) is 8.50. The van der Waals surface area contributed by atoms with Gasteiger partial charge in [-0.3, -0.25) is 0 Å². The molecule has 2 atom stereocenters. The zero-order valence-electron chi connectivity index (χ0n) is 9.51. The summed E-state index contributed by atoms with van der Waals surface area (Å²) in [5, 5.41) is 9.46. The summed E-state index contributed by atoms with van der Waals surface area (Å²) in [7, 11) is 0. The Kier molecular flexibility index (Phi) is 5.57. The Balaban J connectivity index is 0.000000671. The minimum Gasteiger partial charge on any atom is -0.392 e. The van der Waals surface area contributed by atoms with Crippen molar-refractivity contribution in [1.29, 1.82) is 0 Å². The molecule has 0 aromatic carbocycles. The molecule has 80 valence electrons. The van der Waals surface area contributed by atoms with Crippen LogP contribution in [0.1, 0.15) is 53.4 Å². The lowest BCUT2D eigenvalue weighted by Gasteiger charge is -2.21. The maximum atomic E-state index is 9.46. The smallest absolute Gasteiger partial charge is 0.0691 e. The molecule has 0 aromatic heterocycles. The van der Waals surface area contributed by atoms with E-state index in [1.165, 1.54) is 0 Å². The lowest BCUT2D eigenvalue weighted by molar-refractivity contribution is 0.134. The highest BCUT2D eigenvalue weighted by molar-refractivity contribution is 4.82. The van der Waals surface area contributed by atoms with E-state index in [-0.39, 0.29) is 12.1 Å². The topological polar surface area (TPSA) is 46.2 Å². The predicted molar refractivity (Wildman–Crippen MR) is 57.6 cm³/mol. The van der Waals surface area contributed by atoms with E-state index in [1.54, 1.807) is 0 Å². The van der Waals surface area contributed by atoms with Gasteiger partial charge in [0.2, 0.25) is 0 Å². The van der Waals surface area contributed by atoms with E-state index in [1.807, 2.05) is 13.8 Å². The molecule has 13 heavy (non-hydrogen) atoms. The normalized spacial score (nSPS) is 32.8. The van der Waals surface area contributed by atoms with Crippen LogP contribution in [0.2, 0.25) is 0 Å². The molecular weight excluding hydrogens is 162 g/mol. The van der Waals surface area contributed by atoms with Crippen molar-refractivity contribution in [2.45, 2.75) is 65.5 Å². The van der Waals surface area contributed by atoms with Gasteiger partial charge in [-0.1, -0.05) is 27.7 Å². The quantitative estimate of drug-likeness (QED) is 0.572. The summed E-state index contributed by atoms with van der Waals surface area (Å²) in [5.74, 6) is 0. The van der Waals surface area contributed by atoms with Crippen molar-refractivity contribution in [3.63, 3.8) is 0 Å². The van der Waals surface area contributed by atoms with E-state index in [0.29, 0.717) is 5.41 Å². The highest BCUT2D eigenvalue weighted by Gasteiger charge is 2.27. The van der Waals surface area contributed by atoms with Gasteiger partial charge in [-0.05, 0) is 31.1 Å². The third-order valence-electron chi connectivity index (χ3n) is 2.77. The molecule has 0 aliphatic heterocycles. The van der Waals surface area contributed by atoms with Gasteiger partial charge in [-0.15, -0.1) is 0 Å². The Morgan fingerprint density at radius 3 is 2.15 bits per heavy atom. The van der Waals surface area contributed by atoms with Crippen molar-refractivity contribution in [3.8, 4) is 0 Å². The summed E-state index contributed by atoms with van der Waals surface area (Å²) in [6.07, 6.45) is 3.81. The fraction of sp³-hybridized carbons (Fsp3) is 1.00. The molecule has 1 rings (SSSR count). The van der Waals surface area contributed by atoms with Gasteiger partial charge in [-0.2, -0.15) is 0 Å². The van der Waals surface area contributed by atoms with Crippen molar-refractivity contribution in [2.75, 3.05) is 0 Å². The summed E-state index contributed by atoms with van der Waals surface area (Å²) >= 11 is 0. The van der Waals surface area contributed by atoms with Gasteiger partial charge >= 0.3 is 0 Å². The first-order valence-corrected chi connectivity index (χ1v) is 5.45. The van der Waals surface area contributed by atoms with Crippen molar-refractivity contribution >= 4 is 0 Å². The average molecular weight is 187 g/mol. The largest absolute Gasteiger partial charge is 0.392 e. The van der Waals surface area contributed by atoms with Crippen molar-refractivity contribution in [1.82, 2.24) is 0 Å². The summed E-state index contributed by atoms with van der Waals surface area (Å²) in [5.41, 5.74) is 6.13. The molecule has 2 nitrogen and oxygen atoms in total. The minimum atomic E-state index is -0.267. The predicted octanol–water partition coefficient (Wildman–Crippen LogP) is 2.30. The molecule has 3 N–H and O–H groups in total. The summed E-state index contributed by atoms with van der Waals surface area (Å²) in [6, 6.07) is 0.0109. The van der Waals surface area contributed by atoms with Gasteiger partial charge in [0, 0.05) is 6.04 Å². The fourth-order valence-corrected chi connectivity index (χ4v) is 1.63. The number of aliphatic hydroxyl groups excluding tert-OH is 1. The number of hydrogen-bond donors (Lipinski definition) is 2. The van der Waals surface area contributed by atoms with E-state index >= 15 is 0 Å². The molecule has 0 saturated heterocycles. The first kappa shape index (κ1) is 12.9. The molecule has 1 aliphatic rings. The average Bonchev–Trinajstić information content (AvgIpc) is 2.23. The summed E-state index contributed by atoms with van der Waals surface area (Å²) < 4.78 is 0. The van der Waals surface area contributed by atoms with Crippen molar-refractivity contribution < 1.29 is 5.11 Å². The van der Waals surface area contributed by atoms with Crippen LogP contribution in [0.5, 0.6) is 0 Å². The van der Waals surface area contributed by atoms with E-state index in [2.05, 4.69) is 13.8 Å². The lowest BCUT2D eigenvalue weighted by atomic mass is 9.85. The highest BCUT2D eigenvalue weighted by Crippen LogP contribution is 2.33. The van der Waals surface area contributed by atoms with Gasteiger partial charge in [-0.25, -0.2) is 0 Å². The van der Waals surface area contributed by atoms with Gasteiger partial charge in [0.1, 0.15) is 0 Å². The summed E-state index contributed by atoms with van der Waals surface area (Å²) in [4.78, 5) is 0. The van der Waals surface area contributed by atoms with Gasteiger partial charge in [0.25, 0.3) is 0 Å². The van der Waals surface area contributed by atoms with Crippen molar-refractivity contribution in [3.05, 3.63) is 0 Å². The Morgan fingerprint density at radius 2 is 1.62 bits per heavy atom. The first-order valence-electron chi connectivity index (χ1n) is 5.45. The first-order chi connectivity index (χ1) is 6.01. The van der Waals surface area contributed by atoms with Crippen LogP contribution in [0.3, 0.4) is 0 Å². The van der Waals surface area contributed by atoms with Crippen LogP contribution in [-0.2, 0) is 0 Å². The number of aliphatic hydroxyl groups is 1. The second-order valence-electron chi connectivity index (χ2n) is 4.47. The maximum Gasteiger partial charge on any atom is 0.0691 e. The Morgan fingerprint density at radius 1 is 1.15 bits per heavy atom. The van der Waals surface area contributed by atoms with Crippen LogP contribution in [0.15, 0.2) is 0 Å². The molecule has 1 saturated carbocycles. The monoisotopic (exact) mass is 187 g/mol. The molecule has 2 unspecified atom stereocenters. The minimum absolute atomic E-state index is 0.0109. The van der Waals surface area contributed by atoms with Crippen LogP contribution in [0, 0.1) is 5.41 Å². The van der Waals surface area contributed by atoms with Crippen LogP contribution in [0.4, 0.5) is 0 Å². The standard InChI is InChI=1S/C9H19NO.C2H6/c1-9(2)5-3-7(10)8(11)4-6-9;1-2/h7-8,11H,3-6,10H2,1-2H3;1-2H3. The molecule has 0 radical (unpaired) electrons. The van der Waals surface area contributed by atoms with Crippen LogP contribution in [-0.4, -0.2) is 17.3 Å². The Bertz CT molecular complexity index is 120. The van der Waals surface area contributed by atoms with Gasteiger partial charge in [0.05, 0.1) is 6.10 Å². The van der Waals surface area contributed by atoms with E-state index in [4.69, 9.17) is 5.73 Å². The molecular formula is C11H25NO. The van der Waals surface area contributed by atoms with Crippen LogP contribution < -0.4 is 5.73 Å². The maximum absolute atomic E-state index is 9.46. The second kappa shape index (κ2) is 5.61.